The molecular weight excluding hydrogens is 381 g/mol. The van der Waals surface area contributed by atoms with Crippen LogP contribution in [0.5, 0.6) is 5.75 Å². The largest absolute Gasteiger partial charge is 0.494 e. The highest BCUT2D eigenvalue weighted by molar-refractivity contribution is 5.93. The summed E-state index contributed by atoms with van der Waals surface area (Å²) < 4.78 is 20.2. The molecule has 2 heterocycles. The van der Waals surface area contributed by atoms with Gasteiger partial charge in [-0.05, 0) is 68.1 Å². The topological polar surface area (TPSA) is 69.1 Å². The molecule has 1 aliphatic heterocycles. The van der Waals surface area contributed by atoms with Gasteiger partial charge in [0.1, 0.15) is 0 Å². The Morgan fingerprint density at radius 2 is 2.13 bits per heavy atom. The van der Waals surface area contributed by atoms with Crippen LogP contribution in [-0.2, 0) is 4.79 Å². The maximum absolute atomic E-state index is 15.0. The lowest BCUT2D eigenvalue weighted by Crippen LogP contribution is -2.63. The quantitative estimate of drug-likeness (QED) is 0.796. The number of ether oxygens (including phenoxy) is 1. The number of hydrogen-bond donors (Lipinski definition) is 1. The van der Waals surface area contributed by atoms with E-state index >= 15 is 4.39 Å². The number of fused-ring (bicyclic) bond motifs is 3. The molecule has 1 N–H and O–H groups in total. The maximum atomic E-state index is 15.0. The molecule has 0 radical (unpaired) electrons. The van der Waals surface area contributed by atoms with Crippen LogP contribution in [0.2, 0.25) is 0 Å². The zero-order chi connectivity index (χ0) is 21.2. The van der Waals surface area contributed by atoms with Crippen molar-refractivity contribution in [2.75, 3.05) is 7.11 Å². The number of aromatic nitrogens is 1. The number of nitriles is 1. The molecule has 6 atom stereocenters. The van der Waals surface area contributed by atoms with Crippen LogP contribution in [0.3, 0.4) is 0 Å². The SMILES string of the molecule is COc1ccc2[nH]cc(C(C)C(=O)N3C4CCC5C(C#N)CC3CC5(C)C4)c2c1F. The molecule has 1 aromatic carbocycles. The fourth-order valence-corrected chi connectivity index (χ4v) is 6.81. The zero-order valence-corrected chi connectivity index (χ0v) is 17.7. The van der Waals surface area contributed by atoms with Crippen molar-refractivity contribution in [2.24, 2.45) is 17.3 Å². The van der Waals surface area contributed by atoms with Crippen molar-refractivity contribution in [1.82, 2.24) is 9.88 Å². The molecule has 2 aromatic rings. The molecule has 3 bridgehead atoms. The third-order valence-corrected chi connectivity index (χ3v) is 8.16. The van der Waals surface area contributed by atoms with E-state index < -0.39 is 11.7 Å². The fourth-order valence-electron chi connectivity index (χ4n) is 6.81. The standard InChI is InChI=1S/C24H28FN3O2/c1-13(17-12-27-19-6-7-20(30-3)22(25)21(17)19)23(29)28-15-4-5-18-14(11-26)8-16(28)10-24(18,2)9-15/h6-7,12-16,18,27H,4-5,8-10H2,1-3H3. The lowest BCUT2D eigenvalue weighted by molar-refractivity contribution is -0.158. The van der Waals surface area contributed by atoms with E-state index in [1.165, 1.54) is 7.11 Å². The first-order valence-electron chi connectivity index (χ1n) is 10.9. The van der Waals surface area contributed by atoms with Gasteiger partial charge in [0.15, 0.2) is 11.6 Å². The van der Waals surface area contributed by atoms with E-state index in [0.717, 1.165) is 32.1 Å². The summed E-state index contributed by atoms with van der Waals surface area (Å²) in [6.07, 6.45) is 6.44. The lowest BCUT2D eigenvalue weighted by atomic mass is 9.52. The van der Waals surface area contributed by atoms with Gasteiger partial charge in [-0.25, -0.2) is 4.39 Å². The van der Waals surface area contributed by atoms with Crippen molar-refractivity contribution < 1.29 is 13.9 Å². The van der Waals surface area contributed by atoms with Crippen LogP contribution < -0.4 is 4.74 Å². The number of aromatic amines is 1. The predicted molar refractivity (Wildman–Crippen MR) is 111 cm³/mol. The number of nitrogens with zero attached hydrogens (tertiary/aromatic N) is 2. The number of H-pyrrole nitrogens is 1. The van der Waals surface area contributed by atoms with Crippen molar-refractivity contribution in [1.29, 1.82) is 5.26 Å². The first-order chi connectivity index (χ1) is 14.4. The van der Waals surface area contributed by atoms with Gasteiger partial charge in [-0.2, -0.15) is 5.26 Å². The number of amides is 1. The molecule has 1 saturated heterocycles. The van der Waals surface area contributed by atoms with Crippen molar-refractivity contribution >= 4 is 16.8 Å². The van der Waals surface area contributed by atoms with E-state index in [9.17, 15) is 10.1 Å². The van der Waals surface area contributed by atoms with Crippen LogP contribution in [0.25, 0.3) is 10.9 Å². The van der Waals surface area contributed by atoms with E-state index in [1.807, 2.05) is 6.92 Å². The second-order valence-electron chi connectivity index (χ2n) is 9.74. The van der Waals surface area contributed by atoms with E-state index in [1.54, 1.807) is 18.3 Å². The Balaban J connectivity index is 1.51. The summed E-state index contributed by atoms with van der Waals surface area (Å²) in [7, 11) is 1.45. The average Bonchev–Trinajstić information content (AvgIpc) is 3.16. The molecule has 6 unspecified atom stereocenters. The van der Waals surface area contributed by atoms with Crippen LogP contribution in [-0.4, -0.2) is 35.0 Å². The number of halogens is 1. The van der Waals surface area contributed by atoms with Gasteiger partial charge >= 0.3 is 0 Å². The Morgan fingerprint density at radius 3 is 2.87 bits per heavy atom. The van der Waals surface area contributed by atoms with Crippen LogP contribution in [0.4, 0.5) is 4.39 Å². The highest BCUT2D eigenvalue weighted by Crippen LogP contribution is 2.58. The smallest absolute Gasteiger partial charge is 0.230 e. The van der Waals surface area contributed by atoms with Crippen LogP contribution in [0.1, 0.15) is 57.4 Å². The average molecular weight is 410 g/mol. The first-order valence-corrected chi connectivity index (χ1v) is 10.9. The Labute approximate surface area is 176 Å². The highest BCUT2D eigenvalue weighted by atomic mass is 19.1. The Morgan fingerprint density at radius 1 is 1.37 bits per heavy atom. The number of carbonyl (C=O) groups is 1. The van der Waals surface area contributed by atoms with Gasteiger partial charge in [0.25, 0.3) is 0 Å². The van der Waals surface area contributed by atoms with Crippen molar-refractivity contribution in [3.05, 3.63) is 29.7 Å². The number of hydrogen-bond acceptors (Lipinski definition) is 3. The number of benzene rings is 1. The molecule has 0 spiro atoms. The van der Waals surface area contributed by atoms with Crippen molar-refractivity contribution in [2.45, 2.75) is 64.0 Å². The first kappa shape index (κ1) is 19.4. The number of carbonyl (C=O) groups excluding carboxylic acids is 1. The summed E-state index contributed by atoms with van der Waals surface area (Å²) in [6, 6.07) is 6.25. The Kier molecular flexibility index (Phi) is 4.36. The second kappa shape index (κ2) is 6.73. The summed E-state index contributed by atoms with van der Waals surface area (Å²) in [6.45, 7) is 4.18. The van der Waals surface area contributed by atoms with E-state index in [-0.39, 0.29) is 35.1 Å². The summed E-state index contributed by atoms with van der Waals surface area (Å²) >= 11 is 0. The van der Waals surface area contributed by atoms with Gasteiger partial charge in [-0.1, -0.05) is 6.92 Å². The third-order valence-electron chi connectivity index (χ3n) is 8.16. The van der Waals surface area contributed by atoms with E-state index in [4.69, 9.17) is 4.74 Å². The van der Waals surface area contributed by atoms with Gasteiger partial charge < -0.3 is 14.6 Å². The molecular formula is C24H28FN3O2. The summed E-state index contributed by atoms with van der Waals surface area (Å²) in [5, 5.41) is 10.2. The minimum absolute atomic E-state index is 0.0235. The van der Waals surface area contributed by atoms with E-state index in [0.29, 0.717) is 22.4 Å². The molecule has 158 valence electrons. The monoisotopic (exact) mass is 409 g/mol. The molecule has 5 nitrogen and oxygen atoms in total. The number of piperidine rings is 1. The van der Waals surface area contributed by atoms with Gasteiger partial charge in [0.2, 0.25) is 5.91 Å². The lowest BCUT2D eigenvalue weighted by Gasteiger charge is -2.61. The molecule has 2 aliphatic carbocycles. The third kappa shape index (κ3) is 2.60. The summed E-state index contributed by atoms with van der Waals surface area (Å²) in [5.41, 5.74) is 1.49. The van der Waals surface area contributed by atoms with Crippen molar-refractivity contribution in [3.63, 3.8) is 0 Å². The maximum Gasteiger partial charge on any atom is 0.230 e. The second-order valence-corrected chi connectivity index (χ2v) is 9.74. The molecule has 3 aliphatic rings. The minimum Gasteiger partial charge on any atom is -0.494 e. The molecule has 6 heteroatoms. The van der Waals surface area contributed by atoms with E-state index in [2.05, 4.69) is 22.9 Å². The van der Waals surface area contributed by atoms with Gasteiger partial charge in [-0.3, -0.25) is 4.79 Å². The Bertz CT molecular complexity index is 1050. The predicted octanol–water partition coefficient (Wildman–Crippen LogP) is 4.74. The molecule has 1 amide bonds. The molecule has 1 aromatic heterocycles. The van der Waals surface area contributed by atoms with Gasteiger partial charge in [0.05, 0.1) is 25.0 Å². The molecule has 3 fully saturated rings. The molecule has 30 heavy (non-hydrogen) atoms. The van der Waals surface area contributed by atoms with Crippen LogP contribution in [0, 0.1) is 34.4 Å². The minimum atomic E-state index is -0.468. The zero-order valence-electron chi connectivity index (χ0n) is 17.7. The van der Waals surface area contributed by atoms with Crippen LogP contribution in [0.15, 0.2) is 18.3 Å². The number of likely N-dealkylation sites (tertiary alicyclic amines) is 1. The fraction of sp³-hybridized carbons (Fsp3) is 0.583. The van der Waals surface area contributed by atoms with Gasteiger partial charge in [0, 0.05) is 29.2 Å². The Hall–Kier alpha value is -2.55. The number of methoxy groups -OCH3 is 1. The normalized spacial score (nSPS) is 33.4. The number of rotatable bonds is 3. The summed E-state index contributed by atoms with van der Waals surface area (Å²) in [5.74, 6) is -0.189. The molecule has 2 saturated carbocycles. The van der Waals surface area contributed by atoms with Crippen LogP contribution >= 0.6 is 0 Å². The molecule has 5 rings (SSSR count). The summed E-state index contributed by atoms with van der Waals surface area (Å²) in [4.78, 5) is 18.9. The number of nitrogens with one attached hydrogen (secondary N) is 1. The van der Waals surface area contributed by atoms with Crippen molar-refractivity contribution in [3.8, 4) is 11.8 Å². The van der Waals surface area contributed by atoms with Gasteiger partial charge in [-0.15, -0.1) is 0 Å². The highest BCUT2D eigenvalue weighted by Gasteiger charge is 2.56.